The summed E-state index contributed by atoms with van der Waals surface area (Å²) in [5, 5.41) is 0. The van der Waals surface area contributed by atoms with Crippen molar-refractivity contribution in [1.82, 2.24) is 0 Å². The van der Waals surface area contributed by atoms with Crippen LogP contribution >= 0.6 is 0 Å². The average molecular weight is 307 g/mol. The number of rotatable bonds is 5. The Hall–Kier alpha value is -1.42. The van der Waals surface area contributed by atoms with Crippen LogP contribution in [0.1, 0.15) is 51.7 Å². The number of nitrogens with zero attached hydrogens (tertiary/aromatic N) is 1. The Morgan fingerprint density at radius 2 is 2.05 bits per heavy atom. The van der Waals surface area contributed by atoms with Crippen molar-refractivity contribution in [2.45, 2.75) is 58.3 Å². The second-order valence-electron chi connectivity index (χ2n) is 6.22. The van der Waals surface area contributed by atoms with Crippen molar-refractivity contribution in [1.29, 1.82) is 0 Å². The standard InChI is InChI=1S/C18H26FNO2/c1-12-9-10-15(11-12)20-14(3)22-13(2)18(21-4)16-7-5-6-8-17(16)19/h5-8,12-13,15,18H,9-11H2,1-4H3. The summed E-state index contributed by atoms with van der Waals surface area (Å²) in [6.07, 6.45) is 2.72. The molecule has 0 amide bonds. The summed E-state index contributed by atoms with van der Waals surface area (Å²) in [4.78, 5) is 4.64. The third-order valence-corrected chi connectivity index (χ3v) is 4.28. The summed E-state index contributed by atoms with van der Waals surface area (Å²) in [5.41, 5.74) is 0.514. The summed E-state index contributed by atoms with van der Waals surface area (Å²) >= 11 is 0. The Labute approximate surface area is 132 Å². The number of halogens is 1. The van der Waals surface area contributed by atoms with Gasteiger partial charge in [0.05, 0.1) is 6.04 Å². The first-order valence-corrected chi connectivity index (χ1v) is 7.99. The quantitative estimate of drug-likeness (QED) is 0.591. The van der Waals surface area contributed by atoms with E-state index in [1.54, 1.807) is 25.3 Å². The van der Waals surface area contributed by atoms with E-state index in [1.165, 1.54) is 12.5 Å². The molecule has 1 aromatic carbocycles. The van der Waals surface area contributed by atoms with Crippen molar-refractivity contribution < 1.29 is 13.9 Å². The third kappa shape index (κ3) is 4.29. The molecule has 1 fully saturated rings. The predicted molar refractivity (Wildman–Crippen MR) is 86.6 cm³/mol. The number of methoxy groups -OCH3 is 1. The van der Waals surface area contributed by atoms with Crippen molar-refractivity contribution in [3.8, 4) is 0 Å². The van der Waals surface area contributed by atoms with Gasteiger partial charge in [-0.2, -0.15) is 0 Å². The van der Waals surface area contributed by atoms with Crippen LogP contribution in [0, 0.1) is 11.7 Å². The second-order valence-corrected chi connectivity index (χ2v) is 6.22. The lowest BCUT2D eigenvalue weighted by Gasteiger charge is -2.24. The van der Waals surface area contributed by atoms with E-state index in [1.807, 2.05) is 13.8 Å². The second kappa shape index (κ2) is 7.73. The summed E-state index contributed by atoms with van der Waals surface area (Å²) < 4.78 is 25.2. The van der Waals surface area contributed by atoms with Gasteiger partial charge in [0.15, 0.2) is 5.90 Å². The fraction of sp³-hybridized carbons (Fsp3) is 0.611. The van der Waals surface area contributed by atoms with Crippen LogP contribution in [0.25, 0.3) is 0 Å². The molecule has 1 aromatic rings. The number of hydrogen-bond donors (Lipinski definition) is 0. The monoisotopic (exact) mass is 307 g/mol. The Bertz CT molecular complexity index is 518. The minimum Gasteiger partial charge on any atom is -0.475 e. The lowest BCUT2D eigenvalue weighted by atomic mass is 10.0. The van der Waals surface area contributed by atoms with Crippen LogP contribution in [0.4, 0.5) is 4.39 Å². The normalized spacial score (nSPS) is 25.0. The minimum absolute atomic E-state index is 0.274. The average Bonchev–Trinajstić information content (AvgIpc) is 2.86. The van der Waals surface area contributed by atoms with E-state index in [4.69, 9.17) is 9.47 Å². The lowest BCUT2D eigenvalue weighted by molar-refractivity contribution is 0.000878. The fourth-order valence-corrected chi connectivity index (χ4v) is 3.19. The topological polar surface area (TPSA) is 30.8 Å². The highest BCUT2D eigenvalue weighted by atomic mass is 19.1. The van der Waals surface area contributed by atoms with E-state index in [2.05, 4.69) is 11.9 Å². The summed E-state index contributed by atoms with van der Waals surface area (Å²) in [6.45, 7) is 6.01. The Kier molecular flexibility index (Phi) is 5.95. The fourth-order valence-electron chi connectivity index (χ4n) is 3.19. The van der Waals surface area contributed by atoms with Crippen LogP contribution in [0.2, 0.25) is 0 Å². The molecule has 0 heterocycles. The van der Waals surface area contributed by atoms with Gasteiger partial charge in [-0.25, -0.2) is 4.39 Å². The molecule has 3 nitrogen and oxygen atoms in total. The van der Waals surface area contributed by atoms with Crippen LogP contribution < -0.4 is 0 Å². The van der Waals surface area contributed by atoms with Gasteiger partial charge in [-0.05, 0) is 38.2 Å². The molecule has 0 spiro atoms. The molecule has 4 atom stereocenters. The van der Waals surface area contributed by atoms with E-state index in [9.17, 15) is 4.39 Å². The molecule has 0 radical (unpaired) electrons. The highest BCUT2D eigenvalue weighted by Gasteiger charge is 2.25. The van der Waals surface area contributed by atoms with E-state index in [0.29, 0.717) is 17.5 Å². The molecule has 4 unspecified atom stereocenters. The molecule has 122 valence electrons. The number of aliphatic imine (C=N–C) groups is 1. The largest absolute Gasteiger partial charge is 0.475 e. The predicted octanol–water partition coefficient (Wildman–Crippen LogP) is 4.53. The molecule has 0 N–H and O–H groups in total. The molecule has 0 aromatic heterocycles. The molecular formula is C18H26FNO2. The number of benzene rings is 1. The van der Waals surface area contributed by atoms with Gasteiger partial charge in [0.1, 0.15) is 18.0 Å². The summed E-state index contributed by atoms with van der Waals surface area (Å²) in [7, 11) is 1.57. The van der Waals surface area contributed by atoms with Gasteiger partial charge < -0.3 is 9.47 Å². The summed E-state index contributed by atoms with van der Waals surface area (Å²) in [6, 6.07) is 7.00. The summed E-state index contributed by atoms with van der Waals surface area (Å²) in [5.74, 6) is 1.12. The van der Waals surface area contributed by atoms with Crippen LogP contribution in [0.3, 0.4) is 0 Å². The molecule has 1 saturated carbocycles. The first kappa shape index (κ1) is 16.9. The molecule has 1 aliphatic carbocycles. The van der Waals surface area contributed by atoms with Crippen molar-refractivity contribution in [2.24, 2.45) is 10.9 Å². The van der Waals surface area contributed by atoms with Gasteiger partial charge in [-0.3, -0.25) is 4.99 Å². The zero-order valence-electron chi connectivity index (χ0n) is 13.9. The van der Waals surface area contributed by atoms with E-state index < -0.39 is 6.10 Å². The smallest absolute Gasteiger partial charge is 0.180 e. The van der Waals surface area contributed by atoms with Gasteiger partial charge in [-0.1, -0.05) is 25.1 Å². The van der Waals surface area contributed by atoms with Crippen molar-refractivity contribution in [3.05, 3.63) is 35.6 Å². The van der Waals surface area contributed by atoms with Crippen LogP contribution in [-0.4, -0.2) is 25.2 Å². The third-order valence-electron chi connectivity index (χ3n) is 4.28. The van der Waals surface area contributed by atoms with Gasteiger partial charge in [-0.15, -0.1) is 0 Å². The van der Waals surface area contributed by atoms with E-state index >= 15 is 0 Å². The molecule has 4 heteroatoms. The number of hydrogen-bond acceptors (Lipinski definition) is 3. The molecule has 0 bridgehead atoms. The van der Waals surface area contributed by atoms with Gasteiger partial charge in [0, 0.05) is 19.6 Å². The van der Waals surface area contributed by atoms with Gasteiger partial charge >= 0.3 is 0 Å². The highest BCUT2D eigenvalue weighted by molar-refractivity contribution is 5.73. The lowest BCUT2D eigenvalue weighted by Crippen LogP contribution is -2.24. The molecule has 0 aliphatic heterocycles. The van der Waals surface area contributed by atoms with Crippen molar-refractivity contribution in [3.63, 3.8) is 0 Å². The Morgan fingerprint density at radius 3 is 2.64 bits per heavy atom. The van der Waals surface area contributed by atoms with Crippen molar-refractivity contribution in [2.75, 3.05) is 7.11 Å². The molecular weight excluding hydrogens is 281 g/mol. The van der Waals surface area contributed by atoms with E-state index in [-0.39, 0.29) is 11.9 Å². The SMILES string of the molecule is COC(c1ccccc1F)C(C)OC(C)=NC1CCC(C)C1. The molecule has 22 heavy (non-hydrogen) atoms. The zero-order chi connectivity index (χ0) is 16.1. The Balaban J connectivity index is 2.01. The van der Waals surface area contributed by atoms with E-state index in [0.717, 1.165) is 18.8 Å². The maximum Gasteiger partial charge on any atom is 0.180 e. The number of ether oxygens (including phenoxy) is 2. The first-order chi connectivity index (χ1) is 10.5. The van der Waals surface area contributed by atoms with Crippen LogP contribution in [0.15, 0.2) is 29.3 Å². The Morgan fingerprint density at radius 1 is 1.32 bits per heavy atom. The maximum absolute atomic E-state index is 13.9. The zero-order valence-corrected chi connectivity index (χ0v) is 13.9. The van der Waals surface area contributed by atoms with Crippen LogP contribution in [0.5, 0.6) is 0 Å². The van der Waals surface area contributed by atoms with Gasteiger partial charge in [0.2, 0.25) is 0 Å². The first-order valence-electron chi connectivity index (χ1n) is 7.99. The molecule has 0 saturated heterocycles. The van der Waals surface area contributed by atoms with Crippen LogP contribution in [-0.2, 0) is 9.47 Å². The highest BCUT2D eigenvalue weighted by Crippen LogP contribution is 2.28. The minimum atomic E-state index is -0.450. The molecule has 2 rings (SSSR count). The van der Waals surface area contributed by atoms with Gasteiger partial charge in [0.25, 0.3) is 0 Å². The van der Waals surface area contributed by atoms with Crippen molar-refractivity contribution >= 4 is 5.90 Å². The molecule has 1 aliphatic rings. The maximum atomic E-state index is 13.9.